The lowest BCUT2D eigenvalue weighted by atomic mass is 9.82. The standard InChI is InChI=1S/C13H17NO2/c1-16-11-8-6-10(7-9-11)12-4-2-3-5-13(12)14-15/h6-9,12,15H,2-5H2,1H3. The molecule has 3 nitrogen and oxygen atoms in total. The molecule has 1 aliphatic rings. The predicted octanol–water partition coefficient (Wildman–Crippen LogP) is 3.18. The average molecular weight is 219 g/mol. The van der Waals surface area contributed by atoms with Gasteiger partial charge in [0, 0.05) is 5.92 Å². The molecule has 1 saturated carbocycles. The number of nitrogens with zero attached hydrogens (tertiary/aromatic N) is 1. The molecule has 86 valence electrons. The highest BCUT2D eigenvalue weighted by atomic mass is 16.5. The largest absolute Gasteiger partial charge is 0.497 e. The molecular formula is C13H17NO2. The Bertz CT molecular complexity index is 370. The molecule has 1 aliphatic carbocycles. The van der Waals surface area contributed by atoms with E-state index in [9.17, 15) is 0 Å². The van der Waals surface area contributed by atoms with Gasteiger partial charge in [0.05, 0.1) is 12.8 Å². The molecule has 0 heterocycles. The minimum absolute atomic E-state index is 0.282. The summed E-state index contributed by atoms with van der Waals surface area (Å²) in [4.78, 5) is 0. The molecule has 0 bridgehead atoms. The monoisotopic (exact) mass is 219 g/mol. The maximum atomic E-state index is 8.99. The molecule has 0 spiro atoms. The summed E-state index contributed by atoms with van der Waals surface area (Å²) in [6, 6.07) is 8.03. The summed E-state index contributed by atoms with van der Waals surface area (Å²) in [7, 11) is 1.66. The highest BCUT2D eigenvalue weighted by Gasteiger charge is 2.22. The average Bonchev–Trinajstić information content (AvgIpc) is 2.39. The van der Waals surface area contributed by atoms with Crippen molar-refractivity contribution in [2.75, 3.05) is 7.11 Å². The summed E-state index contributed by atoms with van der Waals surface area (Å²) in [5.41, 5.74) is 2.13. The van der Waals surface area contributed by atoms with Gasteiger partial charge < -0.3 is 9.94 Å². The van der Waals surface area contributed by atoms with Crippen LogP contribution < -0.4 is 4.74 Å². The van der Waals surface area contributed by atoms with E-state index in [0.29, 0.717) is 0 Å². The van der Waals surface area contributed by atoms with Gasteiger partial charge in [-0.15, -0.1) is 0 Å². The molecule has 3 heteroatoms. The van der Waals surface area contributed by atoms with E-state index in [0.717, 1.165) is 30.7 Å². The van der Waals surface area contributed by atoms with Crippen LogP contribution in [0, 0.1) is 0 Å². The fourth-order valence-electron chi connectivity index (χ4n) is 2.31. The van der Waals surface area contributed by atoms with Crippen LogP contribution in [0.15, 0.2) is 29.4 Å². The van der Waals surface area contributed by atoms with Crippen LogP contribution in [0.3, 0.4) is 0 Å². The molecule has 0 amide bonds. The van der Waals surface area contributed by atoms with Gasteiger partial charge in [-0.05, 0) is 37.0 Å². The third kappa shape index (κ3) is 2.18. The van der Waals surface area contributed by atoms with Crippen molar-refractivity contribution in [1.82, 2.24) is 0 Å². The van der Waals surface area contributed by atoms with Gasteiger partial charge in [-0.2, -0.15) is 0 Å². The van der Waals surface area contributed by atoms with E-state index in [2.05, 4.69) is 17.3 Å². The zero-order valence-electron chi connectivity index (χ0n) is 9.52. The van der Waals surface area contributed by atoms with E-state index in [1.807, 2.05) is 12.1 Å². The summed E-state index contributed by atoms with van der Waals surface area (Å²) in [6.07, 6.45) is 4.32. The molecule has 0 saturated heterocycles. The summed E-state index contributed by atoms with van der Waals surface area (Å²) in [6.45, 7) is 0. The predicted molar refractivity (Wildman–Crippen MR) is 63.4 cm³/mol. The van der Waals surface area contributed by atoms with E-state index in [4.69, 9.17) is 9.94 Å². The second-order valence-corrected chi connectivity index (χ2v) is 4.16. The Morgan fingerprint density at radius 2 is 2.00 bits per heavy atom. The summed E-state index contributed by atoms with van der Waals surface area (Å²) in [5, 5.41) is 12.4. The topological polar surface area (TPSA) is 41.8 Å². The maximum Gasteiger partial charge on any atom is 0.118 e. The molecule has 1 N–H and O–H groups in total. The summed E-state index contributed by atoms with van der Waals surface area (Å²) >= 11 is 0. The first kappa shape index (κ1) is 11.0. The molecule has 0 aromatic heterocycles. The van der Waals surface area contributed by atoms with E-state index in [-0.39, 0.29) is 5.92 Å². The van der Waals surface area contributed by atoms with Crippen molar-refractivity contribution in [2.45, 2.75) is 31.6 Å². The second kappa shape index (κ2) is 5.01. The molecule has 1 unspecified atom stereocenters. The molecule has 1 fully saturated rings. The van der Waals surface area contributed by atoms with E-state index in [1.165, 1.54) is 12.0 Å². The molecule has 0 radical (unpaired) electrons. The van der Waals surface area contributed by atoms with Crippen LogP contribution in [0.1, 0.15) is 37.2 Å². The maximum absolute atomic E-state index is 8.99. The van der Waals surface area contributed by atoms with Crippen LogP contribution in [-0.4, -0.2) is 18.0 Å². The van der Waals surface area contributed by atoms with Crippen LogP contribution in [0.25, 0.3) is 0 Å². The van der Waals surface area contributed by atoms with Crippen molar-refractivity contribution in [3.05, 3.63) is 29.8 Å². The van der Waals surface area contributed by atoms with Crippen molar-refractivity contribution in [3.63, 3.8) is 0 Å². The fraction of sp³-hybridized carbons (Fsp3) is 0.462. The Hall–Kier alpha value is -1.51. The number of rotatable bonds is 2. The minimum Gasteiger partial charge on any atom is -0.497 e. The minimum atomic E-state index is 0.282. The Morgan fingerprint density at radius 3 is 2.62 bits per heavy atom. The number of methoxy groups -OCH3 is 1. The molecule has 16 heavy (non-hydrogen) atoms. The Morgan fingerprint density at radius 1 is 1.25 bits per heavy atom. The smallest absolute Gasteiger partial charge is 0.118 e. The van der Waals surface area contributed by atoms with Crippen molar-refractivity contribution in [3.8, 4) is 5.75 Å². The Kier molecular flexibility index (Phi) is 3.44. The number of oxime groups is 1. The zero-order valence-corrected chi connectivity index (χ0v) is 9.52. The van der Waals surface area contributed by atoms with Crippen LogP contribution >= 0.6 is 0 Å². The van der Waals surface area contributed by atoms with Gasteiger partial charge in [0.1, 0.15) is 5.75 Å². The van der Waals surface area contributed by atoms with Gasteiger partial charge in [0.25, 0.3) is 0 Å². The fourth-order valence-corrected chi connectivity index (χ4v) is 2.31. The number of benzene rings is 1. The van der Waals surface area contributed by atoms with Crippen LogP contribution in [0.4, 0.5) is 0 Å². The van der Waals surface area contributed by atoms with Crippen LogP contribution in [0.2, 0.25) is 0 Å². The molecule has 2 rings (SSSR count). The number of hydrogen-bond donors (Lipinski definition) is 1. The summed E-state index contributed by atoms with van der Waals surface area (Å²) < 4.78 is 5.13. The third-order valence-corrected chi connectivity index (χ3v) is 3.22. The SMILES string of the molecule is COc1ccc(C2CCCCC2=NO)cc1. The highest BCUT2D eigenvalue weighted by Crippen LogP contribution is 2.31. The van der Waals surface area contributed by atoms with E-state index >= 15 is 0 Å². The first-order valence-electron chi connectivity index (χ1n) is 5.70. The van der Waals surface area contributed by atoms with Crippen molar-refractivity contribution in [1.29, 1.82) is 0 Å². The van der Waals surface area contributed by atoms with Gasteiger partial charge in [-0.25, -0.2) is 0 Å². The normalized spacial score (nSPS) is 23.3. The molecular weight excluding hydrogens is 202 g/mol. The summed E-state index contributed by atoms with van der Waals surface area (Å²) in [5.74, 6) is 1.15. The van der Waals surface area contributed by atoms with Crippen molar-refractivity contribution < 1.29 is 9.94 Å². The Balaban J connectivity index is 2.21. The molecule has 1 aromatic carbocycles. The van der Waals surface area contributed by atoms with Gasteiger partial charge in [0.15, 0.2) is 0 Å². The lowest BCUT2D eigenvalue weighted by Crippen LogP contribution is -2.17. The molecule has 0 aliphatic heterocycles. The Labute approximate surface area is 95.7 Å². The highest BCUT2D eigenvalue weighted by molar-refractivity contribution is 5.91. The molecule has 1 atom stereocenters. The van der Waals surface area contributed by atoms with Gasteiger partial charge in [0.2, 0.25) is 0 Å². The lowest BCUT2D eigenvalue weighted by Gasteiger charge is -2.23. The van der Waals surface area contributed by atoms with Crippen molar-refractivity contribution in [2.24, 2.45) is 5.16 Å². The van der Waals surface area contributed by atoms with Gasteiger partial charge in [-0.3, -0.25) is 0 Å². The quantitative estimate of drug-likeness (QED) is 0.613. The number of hydrogen-bond acceptors (Lipinski definition) is 3. The first-order valence-corrected chi connectivity index (χ1v) is 5.70. The van der Waals surface area contributed by atoms with Gasteiger partial charge >= 0.3 is 0 Å². The zero-order chi connectivity index (χ0) is 11.4. The van der Waals surface area contributed by atoms with Crippen LogP contribution in [-0.2, 0) is 0 Å². The first-order chi connectivity index (χ1) is 7.85. The van der Waals surface area contributed by atoms with Crippen molar-refractivity contribution >= 4 is 5.71 Å². The second-order valence-electron chi connectivity index (χ2n) is 4.16. The van der Waals surface area contributed by atoms with E-state index in [1.54, 1.807) is 7.11 Å². The number of ether oxygens (including phenoxy) is 1. The van der Waals surface area contributed by atoms with Crippen LogP contribution in [0.5, 0.6) is 5.75 Å². The van der Waals surface area contributed by atoms with E-state index < -0.39 is 0 Å². The third-order valence-electron chi connectivity index (χ3n) is 3.22. The molecule has 1 aromatic rings. The van der Waals surface area contributed by atoms with Gasteiger partial charge in [-0.1, -0.05) is 23.7 Å². The lowest BCUT2D eigenvalue weighted by molar-refractivity contribution is 0.312.